The maximum atomic E-state index is 9.37. The van der Waals surface area contributed by atoms with Crippen molar-refractivity contribution in [3.8, 4) is 6.07 Å². The Labute approximate surface area is 215 Å². The molecule has 4 nitrogen and oxygen atoms in total. The van der Waals surface area contributed by atoms with Gasteiger partial charge in [0.15, 0.2) is 0 Å². The lowest BCUT2D eigenvalue weighted by molar-refractivity contribution is 0.113. The molecule has 0 radical (unpaired) electrons. The van der Waals surface area contributed by atoms with Gasteiger partial charge in [0.1, 0.15) is 5.84 Å². The molecule has 0 bridgehead atoms. The third-order valence-electron chi connectivity index (χ3n) is 8.24. The molecule has 0 unspecified atom stereocenters. The number of likely N-dealkylation sites (tertiary alicyclic amines) is 1. The van der Waals surface area contributed by atoms with E-state index >= 15 is 0 Å². The topological polar surface area (TPSA) is 42.6 Å². The number of nitrogens with zero attached hydrogens (tertiary/aromatic N) is 4. The summed E-state index contributed by atoms with van der Waals surface area (Å²) in [6.07, 6.45) is 9.79. The van der Waals surface area contributed by atoms with Gasteiger partial charge in [0.2, 0.25) is 0 Å². The SMILES string of the molecule is Cc1cc(C)c(N=C2[C@@H](N3CCCCC3)C3(CCCCC3)C(=S)N2c2ccc(C#N)cc2)c(C)c1. The normalized spacial score (nSPS) is 23.7. The molecule has 3 fully saturated rings. The van der Waals surface area contributed by atoms with Gasteiger partial charge in [0.25, 0.3) is 0 Å². The van der Waals surface area contributed by atoms with Crippen molar-refractivity contribution >= 4 is 34.4 Å². The number of amidine groups is 1. The number of rotatable bonds is 3. The molecule has 0 N–H and O–H groups in total. The Kier molecular flexibility index (Phi) is 6.79. The van der Waals surface area contributed by atoms with Gasteiger partial charge in [0, 0.05) is 11.1 Å². The Morgan fingerprint density at radius 2 is 1.51 bits per heavy atom. The van der Waals surface area contributed by atoms with E-state index in [0.29, 0.717) is 5.56 Å². The van der Waals surface area contributed by atoms with Gasteiger partial charge in [-0.15, -0.1) is 0 Å². The van der Waals surface area contributed by atoms with Gasteiger partial charge in [-0.05, 0) is 94.9 Å². The van der Waals surface area contributed by atoms with Crippen LogP contribution >= 0.6 is 12.2 Å². The molecule has 0 aromatic heterocycles. The summed E-state index contributed by atoms with van der Waals surface area (Å²) in [5.41, 5.74) is 6.41. The van der Waals surface area contributed by atoms with Crippen LogP contribution in [0.3, 0.4) is 0 Å². The van der Waals surface area contributed by atoms with Crippen molar-refractivity contribution in [1.82, 2.24) is 4.90 Å². The lowest BCUT2D eigenvalue weighted by atomic mass is 9.69. The van der Waals surface area contributed by atoms with E-state index in [9.17, 15) is 5.26 Å². The Bertz CT molecular complexity index is 1150. The van der Waals surface area contributed by atoms with Crippen LogP contribution in [0.15, 0.2) is 41.4 Å². The van der Waals surface area contributed by atoms with Crippen LogP contribution in [-0.4, -0.2) is 34.9 Å². The summed E-state index contributed by atoms with van der Waals surface area (Å²) in [7, 11) is 0. The fourth-order valence-electron chi connectivity index (χ4n) is 6.68. The van der Waals surface area contributed by atoms with Crippen LogP contribution in [0.25, 0.3) is 0 Å². The number of nitriles is 1. The Morgan fingerprint density at radius 1 is 0.914 bits per heavy atom. The molecule has 182 valence electrons. The largest absolute Gasteiger partial charge is 0.293 e. The van der Waals surface area contributed by atoms with Gasteiger partial charge >= 0.3 is 0 Å². The van der Waals surface area contributed by atoms with Crippen molar-refractivity contribution < 1.29 is 0 Å². The molecule has 5 rings (SSSR count). The minimum absolute atomic E-state index is 0.0514. The van der Waals surface area contributed by atoms with Gasteiger partial charge in [-0.2, -0.15) is 5.26 Å². The molecule has 1 aliphatic carbocycles. The summed E-state index contributed by atoms with van der Waals surface area (Å²) in [6.45, 7) is 8.72. The van der Waals surface area contributed by atoms with E-state index in [2.05, 4.69) is 48.8 Å². The standard InChI is InChI=1S/C30H36N4S/c1-21-18-22(2)26(23(3)19-21)32-28-27(33-16-8-5-9-17-33)30(14-6-4-7-15-30)29(35)34(28)25-12-10-24(20-31)11-13-25/h10-13,18-19,27H,4-9,14-17H2,1-3H3/t27-/m1/s1. The molecule has 2 saturated heterocycles. The number of hydrogen-bond donors (Lipinski definition) is 0. The average molecular weight is 485 g/mol. The van der Waals surface area contributed by atoms with Crippen LogP contribution < -0.4 is 4.90 Å². The molecule has 2 aromatic carbocycles. The zero-order valence-electron chi connectivity index (χ0n) is 21.3. The smallest absolute Gasteiger partial charge is 0.133 e. The monoisotopic (exact) mass is 484 g/mol. The quantitative estimate of drug-likeness (QED) is 0.433. The molecule has 2 aromatic rings. The predicted molar refractivity (Wildman–Crippen MR) is 149 cm³/mol. The minimum Gasteiger partial charge on any atom is -0.293 e. The van der Waals surface area contributed by atoms with Gasteiger partial charge in [-0.25, -0.2) is 4.99 Å². The van der Waals surface area contributed by atoms with Crippen molar-refractivity contribution in [2.45, 2.75) is 78.2 Å². The van der Waals surface area contributed by atoms with E-state index in [0.717, 1.165) is 48.1 Å². The molecular formula is C30H36N4S. The molecule has 3 aliphatic rings. The highest BCUT2D eigenvalue weighted by Gasteiger charge is 2.57. The van der Waals surface area contributed by atoms with Crippen LogP contribution in [0.2, 0.25) is 0 Å². The fraction of sp³-hybridized carbons (Fsp3) is 0.500. The number of hydrogen-bond acceptors (Lipinski definition) is 4. The molecule has 1 atom stereocenters. The minimum atomic E-state index is -0.0514. The van der Waals surface area contributed by atoms with Crippen LogP contribution in [0.4, 0.5) is 11.4 Å². The summed E-state index contributed by atoms with van der Waals surface area (Å²) in [6, 6.07) is 14.8. The number of thiocarbonyl (C=S) groups is 1. The summed E-state index contributed by atoms with van der Waals surface area (Å²) in [4.78, 5) is 11.5. The molecule has 2 aliphatic heterocycles. The first-order valence-corrected chi connectivity index (χ1v) is 13.6. The molecule has 1 spiro atoms. The highest BCUT2D eigenvalue weighted by Crippen LogP contribution is 2.51. The molecule has 1 saturated carbocycles. The molecular weight excluding hydrogens is 448 g/mol. The first kappa shape index (κ1) is 24.2. The van der Waals surface area contributed by atoms with Crippen LogP contribution in [-0.2, 0) is 0 Å². The van der Waals surface area contributed by atoms with E-state index in [1.54, 1.807) is 0 Å². The average Bonchev–Trinajstić information content (AvgIpc) is 3.09. The zero-order chi connectivity index (χ0) is 24.6. The van der Waals surface area contributed by atoms with Crippen molar-refractivity contribution in [2.24, 2.45) is 10.4 Å². The third-order valence-corrected chi connectivity index (χ3v) is 8.83. The third kappa shape index (κ3) is 4.32. The summed E-state index contributed by atoms with van der Waals surface area (Å²) < 4.78 is 0. The Hall–Kier alpha value is -2.55. The van der Waals surface area contributed by atoms with E-state index in [-0.39, 0.29) is 11.5 Å². The summed E-state index contributed by atoms with van der Waals surface area (Å²) in [5, 5.41) is 9.37. The van der Waals surface area contributed by atoms with Gasteiger partial charge < -0.3 is 0 Å². The maximum Gasteiger partial charge on any atom is 0.133 e. The Morgan fingerprint density at radius 3 is 2.11 bits per heavy atom. The highest BCUT2D eigenvalue weighted by molar-refractivity contribution is 7.80. The number of anilines is 1. The molecule has 5 heteroatoms. The number of benzene rings is 2. The molecule has 0 amide bonds. The van der Waals surface area contributed by atoms with Gasteiger partial charge in [0.05, 0.1) is 28.4 Å². The summed E-state index contributed by atoms with van der Waals surface area (Å²) >= 11 is 6.40. The number of aliphatic imine (C=N–C) groups is 1. The maximum absolute atomic E-state index is 9.37. The first-order valence-electron chi connectivity index (χ1n) is 13.2. The number of piperidine rings is 1. The van der Waals surface area contributed by atoms with Gasteiger partial charge in [-0.1, -0.05) is 55.6 Å². The molecule has 2 heterocycles. The van der Waals surface area contributed by atoms with Crippen LogP contribution in [0.1, 0.15) is 73.6 Å². The lowest BCUT2D eigenvalue weighted by Gasteiger charge is -2.44. The molecule has 35 heavy (non-hydrogen) atoms. The Balaban J connectivity index is 1.72. The van der Waals surface area contributed by atoms with E-state index in [4.69, 9.17) is 17.2 Å². The van der Waals surface area contributed by atoms with E-state index < -0.39 is 0 Å². The second-order valence-electron chi connectivity index (χ2n) is 10.7. The van der Waals surface area contributed by atoms with E-state index in [1.807, 2.05) is 24.3 Å². The van der Waals surface area contributed by atoms with Crippen molar-refractivity contribution in [3.05, 3.63) is 58.7 Å². The van der Waals surface area contributed by atoms with Crippen LogP contribution in [0.5, 0.6) is 0 Å². The van der Waals surface area contributed by atoms with Crippen LogP contribution in [0, 0.1) is 37.5 Å². The second kappa shape index (κ2) is 9.84. The van der Waals surface area contributed by atoms with Crippen molar-refractivity contribution in [3.63, 3.8) is 0 Å². The van der Waals surface area contributed by atoms with Crippen molar-refractivity contribution in [1.29, 1.82) is 5.26 Å². The lowest BCUT2D eigenvalue weighted by Crippen LogP contribution is -2.52. The first-order chi connectivity index (χ1) is 16.9. The van der Waals surface area contributed by atoms with Gasteiger partial charge in [-0.3, -0.25) is 9.80 Å². The predicted octanol–water partition coefficient (Wildman–Crippen LogP) is 7.17. The second-order valence-corrected chi connectivity index (χ2v) is 11.1. The summed E-state index contributed by atoms with van der Waals surface area (Å²) in [5.74, 6) is 1.08. The highest BCUT2D eigenvalue weighted by atomic mass is 32.1. The van der Waals surface area contributed by atoms with E-state index in [1.165, 1.54) is 55.2 Å². The van der Waals surface area contributed by atoms with Crippen molar-refractivity contribution in [2.75, 3.05) is 18.0 Å². The zero-order valence-corrected chi connectivity index (χ0v) is 22.1. The fourth-order valence-corrected chi connectivity index (χ4v) is 7.20. The number of aryl methyl sites for hydroxylation is 3.